The number of H-pyrrole nitrogens is 1. The standard InChI is InChI=1S/C37H43ClN8O3/c1-45-16-18-46(19-17-45)36(49)30-7-3-6-29(22-30)28-5-2-4-25(20-28)21-32(41-34(47)27-10-8-24(23-39)9-11-27)35(48)40-31-14-12-26(13-15-31)33-42-37(38)44-43-33/h2-7,12-15,20,22,24,27,32H,8-11,16-19,21,23,39H2,1H3,(H,40,48)(H,41,47)(H,42,43,44)/t24?,27?,32-/m0/s1. The van der Waals surface area contributed by atoms with E-state index in [0.29, 0.717) is 42.6 Å². The number of nitrogens with zero attached hydrogens (tertiary/aromatic N) is 4. The number of anilines is 1. The van der Waals surface area contributed by atoms with Crippen molar-refractivity contribution in [1.82, 2.24) is 30.3 Å². The predicted molar refractivity (Wildman–Crippen MR) is 191 cm³/mol. The summed E-state index contributed by atoms with van der Waals surface area (Å²) in [5.41, 5.74) is 10.6. The van der Waals surface area contributed by atoms with Crippen LogP contribution in [0.25, 0.3) is 22.5 Å². The van der Waals surface area contributed by atoms with Gasteiger partial charge in [0.05, 0.1) is 0 Å². The third-order valence-corrected chi connectivity index (χ3v) is 9.82. The summed E-state index contributed by atoms with van der Waals surface area (Å²) in [5, 5.41) is 12.9. The monoisotopic (exact) mass is 682 g/mol. The molecule has 3 amide bonds. The van der Waals surface area contributed by atoms with Crippen LogP contribution in [0.1, 0.15) is 41.6 Å². The molecule has 1 saturated heterocycles. The molecule has 11 nitrogen and oxygen atoms in total. The number of hydrogen-bond acceptors (Lipinski definition) is 7. The lowest BCUT2D eigenvalue weighted by atomic mass is 9.81. The SMILES string of the molecule is CN1CCN(C(=O)c2cccc(-c3cccc(C[C@H](NC(=O)C4CCC(CN)CC4)C(=O)Nc4ccc(-c5n[nH]c(Cl)n5)cc4)c3)c2)CC1. The number of halogens is 1. The number of benzene rings is 3. The first kappa shape index (κ1) is 34.3. The molecule has 1 saturated carbocycles. The normalized spacial score (nSPS) is 18.9. The molecule has 0 unspecified atom stereocenters. The van der Waals surface area contributed by atoms with Crippen molar-refractivity contribution in [2.24, 2.45) is 17.6 Å². The average Bonchev–Trinajstić information content (AvgIpc) is 3.58. The van der Waals surface area contributed by atoms with E-state index in [1.54, 1.807) is 24.3 Å². The second-order valence-corrected chi connectivity index (χ2v) is 13.5. The van der Waals surface area contributed by atoms with Crippen molar-refractivity contribution in [2.75, 3.05) is 45.1 Å². The Kier molecular flexibility index (Phi) is 11.0. The molecule has 2 heterocycles. The first-order valence-electron chi connectivity index (χ1n) is 16.9. The molecule has 256 valence electrons. The van der Waals surface area contributed by atoms with E-state index in [2.05, 4.69) is 37.8 Å². The van der Waals surface area contributed by atoms with Gasteiger partial charge >= 0.3 is 0 Å². The van der Waals surface area contributed by atoms with Crippen LogP contribution in [0.4, 0.5) is 5.69 Å². The molecule has 5 N–H and O–H groups in total. The number of carbonyl (C=O) groups is 3. The van der Waals surface area contributed by atoms with Gasteiger partial charge < -0.3 is 26.2 Å². The minimum Gasteiger partial charge on any atom is -0.344 e. The smallest absolute Gasteiger partial charge is 0.253 e. The average molecular weight is 683 g/mol. The lowest BCUT2D eigenvalue weighted by Crippen LogP contribution is -2.48. The Labute approximate surface area is 291 Å². The second-order valence-electron chi connectivity index (χ2n) is 13.1. The van der Waals surface area contributed by atoms with Crippen LogP contribution in [0.2, 0.25) is 5.28 Å². The van der Waals surface area contributed by atoms with Crippen molar-refractivity contribution in [1.29, 1.82) is 0 Å². The highest BCUT2D eigenvalue weighted by molar-refractivity contribution is 6.28. The topological polar surface area (TPSA) is 149 Å². The molecule has 0 radical (unpaired) electrons. The Morgan fingerprint density at radius 2 is 1.61 bits per heavy atom. The van der Waals surface area contributed by atoms with E-state index < -0.39 is 6.04 Å². The lowest BCUT2D eigenvalue weighted by Gasteiger charge is -2.32. The zero-order valence-corrected chi connectivity index (χ0v) is 28.5. The third kappa shape index (κ3) is 8.72. The molecular formula is C37H43ClN8O3. The highest BCUT2D eigenvalue weighted by Crippen LogP contribution is 2.29. The number of piperazine rings is 1. The maximum absolute atomic E-state index is 13.8. The van der Waals surface area contributed by atoms with Gasteiger partial charge in [0.15, 0.2) is 5.82 Å². The fraction of sp³-hybridized carbons (Fsp3) is 0.378. The molecule has 1 aliphatic carbocycles. The van der Waals surface area contributed by atoms with E-state index in [-0.39, 0.29) is 35.3 Å². The Morgan fingerprint density at radius 3 is 2.29 bits per heavy atom. The van der Waals surface area contributed by atoms with Gasteiger partial charge in [0, 0.05) is 55.3 Å². The summed E-state index contributed by atoms with van der Waals surface area (Å²) < 4.78 is 0. The van der Waals surface area contributed by atoms with Crippen molar-refractivity contribution >= 4 is 35.0 Å². The summed E-state index contributed by atoms with van der Waals surface area (Å²) >= 11 is 5.88. The minimum absolute atomic E-state index is 0.0310. The highest BCUT2D eigenvalue weighted by atomic mass is 35.5. The molecule has 1 aromatic heterocycles. The summed E-state index contributed by atoms with van der Waals surface area (Å²) in [5.74, 6) is 0.339. The zero-order valence-electron chi connectivity index (χ0n) is 27.7. The largest absolute Gasteiger partial charge is 0.344 e. The van der Waals surface area contributed by atoms with Gasteiger partial charge in [-0.15, -0.1) is 0 Å². The molecule has 2 fully saturated rings. The fourth-order valence-corrected chi connectivity index (χ4v) is 6.72. The number of hydrogen-bond donors (Lipinski definition) is 4. The van der Waals surface area contributed by atoms with E-state index in [1.807, 2.05) is 53.4 Å². The van der Waals surface area contributed by atoms with E-state index >= 15 is 0 Å². The molecule has 12 heteroatoms. The molecule has 2 aliphatic rings. The van der Waals surface area contributed by atoms with Crippen LogP contribution in [0.15, 0.2) is 72.8 Å². The van der Waals surface area contributed by atoms with Crippen molar-refractivity contribution in [2.45, 2.75) is 38.1 Å². The van der Waals surface area contributed by atoms with Crippen LogP contribution < -0.4 is 16.4 Å². The van der Waals surface area contributed by atoms with Crippen molar-refractivity contribution < 1.29 is 14.4 Å². The van der Waals surface area contributed by atoms with Gasteiger partial charge in [0.2, 0.25) is 17.1 Å². The van der Waals surface area contributed by atoms with Crippen LogP contribution in [-0.2, 0) is 16.0 Å². The van der Waals surface area contributed by atoms with E-state index in [0.717, 1.165) is 61.0 Å². The molecule has 1 atom stereocenters. The van der Waals surface area contributed by atoms with Gasteiger partial charge in [-0.05, 0) is 110 Å². The summed E-state index contributed by atoms with van der Waals surface area (Å²) in [6, 6.07) is 21.9. The number of amides is 3. The molecule has 0 bridgehead atoms. The zero-order chi connectivity index (χ0) is 34.3. The Bertz CT molecular complexity index is 1760. The summed E-state index contributed by atoms with van der Waals surface area (Å²) in [4.78, 5) is 48.9. The van der Waals surface area contributed by atoms with Gasteiger partial charge in [-0.3, -0.25) is 14.4 Å². The third-order valence-electron chi connectivity index (χ3n) is 9.65. The van der Waals surface area contributed by atoms with Gasteiger partial charge in [0.1, 0.15) is 6.04 Å². The molecular weight excluding hydrogens is 640 g/mol. The summed E-state index contributed by atoms with van der Waals surface area (Å²) in [6.45, 7) is 3.76. The molecule has 3 aromatic carbocycles. The van der Waals surface area contributed by atoms with Gasteiger partial charge in [0.25, 0.3) is 5.91 Å². The maximum atomic E-state index is 13.8. The summed E-state index contributed by atoms with van der Waals surface area (Å²) in [7, 11) is 2.07. The van der Waals surface area contributed by atoms with E-state index in [1.165, 1.54) is 0 Å². The first-order valence-corrected chi connectivity index (χ1v) is 17.3. The van der Waals surface area contributed by atoms with Crippen LogP contribution in [0.5, 0.6) is 0 Å². The second kappa shape index (κ2) is 15.8. The summed E-state index contributed by atoms with van der Waals surface area (Å²) in [6.07, 6.45) is 3.62. The Balaban J connectivity index is 1.19. The predicted octanol–water partition coefficient (Wildman–Crippen LogP) is 4.61. The first-order chi connectivity index (χ1) is 23.7. The molecule has 4 aromatic rings. The van der Waals surface area contributed by atoms with Crippen LogP contribution in [0.3, 0.4) is 0 Å². The van der Waals surface area contributed by atoms with E-state index in [9.17, 15) is 14.4 Å². The molecule has 1 aliphatic heterocycles. The molecule has 0 spiro atoms. The quantitative estimate of drug-likeness (QED) is 0.191. The molecule has 49 heavy (non-hydrogen) atoms. The number of carbonyl (C=O) groups excluding carboxylic acids is 3. The fourth-order valence-electron chi connectivity index (χ4n) is 6.60. The lowest BCUT2D eigenvalue weighted by molar-refractivity contribution is -0.130. The number of aromatic nitrogens is 3. The van der Waals surface area contributed by atoms with Gasteiger partial charge in [-0.25, -0.2) is 5.10 Å². The maximum Gasteiger partial charge on any atom is 0.253 e. The minimum atomic E-state index is -0.813. The van der Waals surface area contributed by atoms with Crippen molar-refractivity contribution in [3.05, 3.63) is 89.2 Å². The number of aromatic amines is 1. The highest BCUT2D eigenvalue weighted by Gasteiger charge is 2.29. The van der Waals surface area contributed by atoms with Crippen LogP contribution in [-0.4, -0.2) is 88.5 Å². The molecule has 6 rings (SSSR count). The Morgan fingerprint density at radius 1 is 0.918 bits per heavy atom. The van der Waals surface area contributed by atoms with Crippen LogP contribution >= 0.6 is 11.6 Å². The van der Waals surface area contributed by atoms with E-state index in [4.69, 9.17) is 17.3 Å². The van der Waals surface area contributed by atoms with Crippen LogP contribution in [0, 0.1) is 11.8 Å². The number of nitrogens with one attached hydrogen (secondary N) is 3. The number of nitrogens with two attached hydrogens (primary N) is 1. The number of likely N-dealkylation sites (N-methyl/N-ethyl adjacent to an activating group) is 1. The van der Waals surface area contributed by atoms with Gasteiger partial charge in [-0.1, -0.05) is 36.4 Å². The Hall–Kier alpha value is -4.58. The van der Waals surface area contributed by atoms with Gasteiger partial charge in [-0.2, -0.15) is 10.1 Å². The van der Waals surface area contributed by atoms with Crippen molar-refractivity contribution in [3.8, 4) is 22.5 Å². The number of rotatable bonds is 10. The van der Waals surface area contributed by atoms with Crippen molar-refractivity contribution in [3.63, 3.8) is 0 Å².